The Labute approximate surface area is 146 Å². The summed E-state index contributed by atoms with van der Waals surface area (Å²) in [6.45, 7) is 2.36. The summed E-state index contributed by atoms with van der Waals surface area (Å²) < 4.78 is 11.7. The number of aromatic nitrogens is 1. The molecule has 124 valence electrons. The number of carbonyl (C=O) groups is 1. The third kappa shape index (κ3) is 3.55. The number of carbonyl (C=O) groups excluding carboxylic acids is 1. The van der Waals surface area contributed by atoms with Gasteiger partial charge in [-0.2, -0.15) is 0 Å². The van der Waals surface area contributed by atoms with Crippen LogP contribution in [0.1, 0.15) is 27.3 Å². The predicted octanol–water partition coefficient (Wildman–Crippen LogP) is 3.40. The van der Waals surface area contributed by atoms with Crippen molar-refractivity contribution in [1.82, 2.24) is 4.98 Å². The van der Waals surface area contributed by atoms with E-state index in [4.69, 9.17) is 20.6 Å². The molecule has 0 saturated carbocycles. The minimum absolute atomic E-state index is 0.0629. The summed E-state index contributed by atoms with van der Waals surface area (Å²) in [5.74, 6) is 0.344. The zero-order valence-corrected chi connectivity index (χ0v) is 14.5. The minimum atomic E-state index is -0.420. The molecule has 0 unspecified atom stereocenters. The smallest absolute Gasteiger partial charge is 0.357 e. The number of hydrogen-bond donors (Lipinski definition) is 2. The molecule has 6 nitrogen and oxygen atoms in total. The normalized spacial score (nSPS) is 10.7. The molecule has 2 aromatic heterocycles. The molecule has 2 heterocycles. The Morgan fingerprint density at radius 3 is 2.96 bits per heavy atom. The average Bonchev–Trinajstić information content (AvgIpc) is 3.19. The molecule has 0 aliphatic carbocycles. The van der Waals surface area contributed by atoms with E-state index in [-0.39, 0.29) is 12.4 Å². The summed E-state index contributed by atoms with van der Waals surface area (Å²) in [6.07, 6.45) is 0. The van der Waals surface area contributed by atoms with Gasteiger partial charge in [-0.05, 0) is 36.6 Å². The van der Waals surface area contributed by atoms with Crippen LogP contribution in [-0.2, 0) is 11.3 Å². The molecule has 0 spiro atoms. The second kappa shape index (κ2) is 6.98. The van der Waals surface area contributed by atoms with Gasteiger partial charge < -0.3 is 15.2 Å². The molecule has 0 radical (unpaired) electrons. The summed E-state index contributed by atoms with van der Waals surface area (Å²) in [6, 6.07) is 7.59. The Morgan fingerprint density at radius 1 is 1.38 bits per heavy atom. The molecule has 8 heteroatoms. The second-order valence-corrected chi connectivity index (χ2v) is 6.89. The van der Waals surface area contributed by atoms with Gasteiger partial charge >= 0.3 is 5.97 Å². The number of rotatable bonds is 6. The highest BCUT2D eigenvalue weighted by molar-refractivity contribution is 7.20. The third-order valence-electron chi connectivity index (χ3n) is 3.16. The van der Waals surface area contributed by atoms with Crippen molar-refractivity contribution in [2.75, 3.05) is 6.61 Å². The van der Waals surface area contributed by atoms with Crippen LogP contribution in [0.4, 0.5) is 0 Å². The van der Waals surface area contributed by atoms with Crippen LogP contribution in [0.5, 0.6) is 5.75 Å². The van der Waals surface area contributed by atoms with E-state index in [1.54, 1.807) is 12.3 Å². The van der Waals surface area contributed by atoms with Crippen molar-refractivity contribution in [2.24, 2.45) is 5.73 Å². The van der Waals surface area contributed by atoms with Crippen LogP contribution < -0.4 is 10.5 Å². The van der Waals surface area contributed by atoms with Crippen LogP contribution in [0, 0.1) is 5.41 Å². The number of fused-ring (bicyclic) bond motifs is 1. The maximum absolute atomic E-state index is 11.6. The van der Waals surface area contributed by atoms with Gasteiger partial charge in [0.1, 0.15) is 23.2 Å². The summed E-state index contributed by atoms with van der Waals surface area (Å²) in [5.41, 5.74) is 5.82. The summed E-state index contributed by atoms with van der Waals surface area (Å²) in [7, 11) is 0. The molecule has 0 aliphatic heterocycles. The third-order valence-corrected chi connectivity index (χ3v) is 5.11. The van der Waals surface area contributed by atoms with Crippen LogP contribution in [0.25, 0.3) is 10.1 Å². The molecule has 0 aliphatic rings. The minimum Gasteiger partial charge on any atom is -0.486 e. The summed E-state index contributed by atoms with van der Waals surface area (Å²) in [5, 5.41) is 10.9. The topological polar surface area (TPSA) is 98.3 Å². The first-order chi connectivity index (χ1) is 11.6. The fourth-order valence-corrected chi connectivity index (χ4v) is 3.68. The van der Waals surface area contributed by atoms with Crippen molar-refractivity contribution in [2.45, 2.75) is 13.5 Å². The lowest BCUT2D eigenvalue weighted by Crippen LogP contribution is -2.08. The van der Waals surface area contributed by atoms with Gasteiger partial charge in [0.05, 0.1) is 11.5 Å². The number of nitrogens with one attached hydrogen (secondary N) is 1. The van der Waals surface area contributed by atoms with Gasteiger partial charge in [-0.15, -0.1) is 22.7 Å². The van der Waals surface area contributed by atoms with E-state index in [1.807, 2.05) is 24.3 Å². The molecule has 3 aromatic rings. The standard InChI is InChI=1S/C16H15N3O3S2/c1-2-21-16(20)11-8-23-14(19-11)7-22-10-4-3-9-5-13(15(17)18)24-12(9)6-10/h3-6,8H,2,7H2,1H3,(H3,17,18). The van der Waals surface area contributed by atoms with Crippen molar-refractivity contribution >= 4 is 44.6 Å². The van der Waals surface area contributed by atoms with Crippen LogP contribution in [-0.4, -0.2) is 23.4 Å². The van der Waals surface area contributed by atoms with E-state index in [0.29, 0.717) is 23.1 Å². The quantitative estimate of drug-likeness (QED) is 0.398. The first kappa shape index (κ1) is 16.4. The number of benzene rings is 1. The number of ether oxygens (including phenoxy) is 2. The molecule has 1 aromatic carbocycles. The zero-order chi connectivity index (χ0) is 17.1. The molecule has 0 fully saturated rings. The molecule has 3 N–H and O–H groups in total. The van der Waals surface area contributed by atoms with Crippen LogP contribution in [0.3, 0.4) is 0 Å². The highest BCUT2D eigenvalue weighted by Gasteiger charge is 2.12. The fraction of sp³-hybridized carbons (Fsp3) is 0.188. The molecule has 0 atom stereocenters. The summed E-state index contributed by atoms with van der Waals surface area (Å²) >= 11 is 2.81. The maximum atomic E-state index is 11.6. The highest BCUT2D eigenvalue weighted by atomic mass is 32.1. The van der Waals surface area contributed by atoms with Crippen LogP contribution in [0.15, 0.2) is 29.6 Å². The molecule has 3 rings (SSSR count). The predicted molar refractivity (Wildman–Crippen MR) is 95.2 cm³/mol. The molecular formula is C16H15N3O3S2. The van der Waals surface area contributed by atoms with Crippen molar-refractivity contribution in [1.29, 1.82) is 5.41 Å². The van der Waals surface area contributed by atoms with E-state index in [9.17, 15) is 4.79 Å². The number of nitrogens with two attached hydrogens (primary N) is 1. The number of esters is 1. The molecule has 0 amide bonds. The lowest BCUT2D eigenvalue weighted by atomic mass is 10.2. The number of nitrogen functional groups attached to an aromatic ring is 1. The Morgan fingerprint density at radius 2 is 2.21 bits per heavy atom. The lowest BCUT2D eigenvalue weighted by Gasteiger charge is -2.03. The number of thiophene rings is 1. The number of nitrogens with zero attached hydrogens (tertiary/aromatic N) is 1. The Bertz CT molecular complexity index is 901. The number of hydrogen-bond acceptors (Lipinski definition) is 7. The van der Waals surface area contributed by atoms with Gasteiger partial charge in [0.25, 0.3) is 0 Å². The largest absolute Gasteiger partial charge is 0.486 e. The van der Waals surface area contributed by atoms with E-state index in [0.717, 1.165) is 15.0 Å². The average molecular weight is 361 g/mol. The van der Waals surface area contributed by atoms with Crippen molar-refractivity contribution in [3.63, 3.8) is 0 Å². The van der Waals surface area contributed by atoms with E-state index in [1.165, 1.54) is 22.7 Å². The first-order valence-corrected chi connectivity index (χ1v) is 8.88. The number of thiazole rings is 1. The molecule has 0 bridgehead atoms. The SMILES string of the molecule is CCOC(=O)c1csc(COc2ccc3cc(C(=N)N)sc3c2)n1. The summed E-state index contributed by atoms with van der Waals surface area (Å²) in [4.78, 5) is 16.5. The zero-order valence-electron chi connectivity index (χ0n) is 12.9. The second-order valence-electron chi connectivity index (χ2n) is 4.86. The van der Waals surface area contributed by atoms with Crippen LogP contribution in [0.2, 0.25) is 0 Å². The van der Waals surface area contributed by atoms with Gasteiger partial charge in [-0.25, -0.2) is 9.78 Å². The Kier molecular flexibility index (Phi) is 4.77. The lowest BCUT2D eigenvalue weighted by molar-refractivity contribution is 0.0520. The van der Waals surface area contributed by atoms with Gasteiger partial charge in [0, 0.05) is 10.1 Å². The van der Waals surface area contributed by atoms with Crippen LogP contribution >= 0.6 is 22.7 Å². The van der Waals surface area contributed by atoms with Crippen molar-refractivity contribution < 1.29 is 14.3 Å². The maximum Gasteiger partial charge on any atom is 0.357 e. The number of amidine groups is 1. The fourth-order valence-electron chi connectivity index (χ4n) is 2.06. The van der Waals surface area contributed by atoms with Gasteiger partial charge in [-0.3, -0.25) is 5.41 Å². The molecule has 24 heavy (non-hydrogen) atoms. The Hall–Kier alpha value is -2.45. The highest BCUT2D eigenvalue weighted by Crippen LogP contribution is 2.29. The first-order valence-electron chi connectivity index (χ1n) is 7.19. The van der Waals surface area contributed by atoms with E-state index < -0.39 is 5.97 Å². The van der Waals surface area contributed by atoms with Gasteiger partial charge in [0.15, 0.2) is 5.69 Å². The van der Waals surface area contributed by atoms with E-state index in [2.05, 4.69) is 4.98 Å². The van der Waals surface area contributed by atoms with Crippen molar-refractivity contribution in [3.05, 3.63) is 45.2 Å². The molecule has 0 saturated heterocycles. The van der Waals surface area contributed by atoms with E-state index >= 15 is 0 Å². The monoisotopic (exact) mass is 361 g/mol. The van der Waals surface area contributed by atoms with Gasteiger partial charge in [0.2, 0.25) is 0 Å². The Balaban J connectivity index is 1.69. The van der Waals surface area contributed by atoms with Crippen molar-refractivity contribution in [3.8, 4) is 5.75 Å². The van der Waals surface area contributed by atoms with Gasteiger partial charge in [-0.1, -0.05) is 0 Å². The molecular weight excluding hydrogens is 346 g/mol.